The number of carbonyl (C=O) groups excluding carboxylic acids is 1. The van der Waals surface area contributed by atoms with Gasteiger partial charge in [0, 0.05) is 0 Å². The molecule has 0 aromatic carbocycles. The third-order valence-corrected chi connectivity index (χ3v) is 5.06. The van der Waals surface area contributed by atoms with Crippen LogP contribution < -0.4 is 0 Å². The summed E-state index contributed by atoms with van der Waals surface area (Å²) in [5, 5.41) is 0. The van der Waals surface area contributed by atoms with Gasteiger partial charge in [-0.15, -0.1) is 0 Å². The summed E-state index contributed by atoms with van der Waals surface area (Å²) < 4.78 is 19.8. The van der Waals surface area contributed by atoms with Crippen LogP contribution in [0.5, 0.6) is 0 Å². The van der Waals surface area contributed by atoms with E-state index in [2.05, 4.69) is 29.8 Å². The summed E-state index contributed by atoms with van der Waals surface area (Å²) in [6, 6.07) is 0. The minimum atomic E-state index is -2.29. The predicted molar refractivity (Wildman–Crippen MR) is 67.5 cm³/mol. The fourth-order valence-corrected chi connectivity index (χ4v) is 2.70. The van der Waals surface area contributed by atoms with Gasteiger partial charge in [-0.3, -0.25) is 0 Å². The fraction of sp³-hybridized carbons (Fsp3) is 0.750. The molecule has 4 heteroatoms. The van der Waals surface area contributed by atoms with Crippen LogP contribution in [0, 0.1) is 9.40 Å². The molecular weight excluding hydrogens is 399 g/mol. The number of esters is 1. The molecule has 0 aliphatic heterocycles. The Morgan fingerprint density at radius 3 is 2.50 bits per heavy atom. The van der Waals surface area contributed by atoms with Crippen molar-refractivity contribution in [2.75, 3.05) is 6.61 Å². The Bertz CT molecular complexity index is 270. The van der Waals surface area contributed by atoms with Crippen LogP contribution in [0.15, 0.2) is 0 Å². The van der Waals surface area contributed by atoms with E-state index in [0.717, 1.165) is 12.8 Å². The van der Waals surface area contributed by atoms with Crippen molar-refractivity contribution in [1.82, 2.24) is 0 Å². The number of ether oxygens (including phenoxy) is 2. The standard InChI is InChI=1S/C9H13O3.3CH3.Pb/c1-4-6-7-11-8(3)12-9(10)5-2;;;;/h8H,4,6-7H2,1,3H3;3*1H3;. The molecule has 0 aromatic rings. The van der Waals surface area contributed by atoms with Crippen LogP contribution in [0.3, 0.4) is 0 Å². The van der Waals surface area contributed by atoms with E-state index in [4.69, 9.17) is 9.47 Å². The molecule has 3 nitrogen and oxygen atoms in total. The molecule has 0 N–H and O–H groups in total. The van der Waals surface area contributed by atoms with E-state index in [0.29, 0.717) is 6.61 Å². The summed E-state index contributed by atoms with van der Waals surface area (Å²) in [4.78, 5) is 11.3. The van der Waals surface area contributed by atoms with E-state index in [1.54, 1.807) is 6.92 Å². The molecule has 92 valence electrons. The topological polar surface area (TPSA) is 35.5 Å². The van der Waals surface area contributed by atoms with Gasteiger partial charge in [-0.1, -0.05) is 0 Å². The van der Waals surface area contributed by atoms with E-state index in [9.17, 15) is 4.79 Å². The van der Waals surface area contributed by atoms with E-state index >= 15 is 0 Å². The summed E-state index contributed by atoms with van der Waals surface area (Å²) in [5.41, 5.74) is 0. The predicted octanol–water partition coefficient (Wildman–Crippen LogP) is 2.57. The van der Waals surface area contributed by atoms with Crippen LogP contribution in [0.25, 0.3) is 0 Å². The van der Waals surface area contributed by atoms with Gasteiger partial charge in [-0.25, -0.2) is 0 Å². The molecule has 0 amide bonds. The Labute approximate surface area is 104 Å². The summed E-state index contributed by atoms with van der Waals surface area (Å²) in [7, 11) is 0. The Hall–Kier alpha value is -0.0879. The first-order valence-electron chi connectivity index (χ1n) is 5.70. The molecule has 0 rings (SSSR count). The van der Waals surface area contributed by atoms with Crippen molar-refractivity contribution in [1.29, 1.82) is 0 Å². The van der Waals surface area contributed by atoms with Crippen molar-refractivity contribution in [3.8, 4) is 9.40 Å². The molecular formula is C12H22O3Pb. The SMILES string of the molecule is CCCCOC(C)OC(=O)C#[C][Pb]([CH3])([CH3])[CH3]. The first-order chi connectivity index (χ1) is 7.35. The van der Waals surface area contributed by atoms with Crippen molar-refractivity contribution in [2.45, 2.75) is 46.4 Å². The van der Waals surface area contributed by atoms with Gasteiger partial charge in [-0.2, -0.15) is 0 Å². The van der Waals surface area contributed by atoms with Crippen LogP contribution in [-0.2, 0) is 14.3 Å². The molecule has 0 aromatic heterocycles. The van der Waals surface area contributed by atoms with Crippen molar-refractivity contribution < 1.29 is 14.3 Å². The second kappa shape index (κ2) is 8.07. The Morgan fingerprint density at radius 2 is 2.00 bits per heavy atom. The van der Waals surface area contributed by atoms with Crippen molar-refractivity contribution in [3.05, 3.63) is 0 Å². The molecule has 0 bridgehead atoms. The first kappa shape index (κ1) is 15.9. The van der Waals surface area contributed by atoms with Gasteiger partial charge < -0.3 is 0 Å². The third kappa shape index (κ3) is 10.4. The van der Waals surface area contributed by atoms with Crippen LogP contribution in [0.2, 0.25) is 13.4 Å². The number of hydrogen-bond acceptors (Lipinski definition) is 3. The van der Waals surface area contributed by atoms with E-state index < -0.39 is 33.4 Å². The maximum atomic E-state index is 11.3. The Morgan fingerprint density at radius 1 is 1.38 bits per heavy atom. The zero-order valence-electron chi connectivity index (χ0n) is 10.9. The molecule has 0 aliphatic rings. The van der Waals surface area contributed by atoms with Crippen LogP contribution in [0.4, 0.5) is 0 Å². The quantitative estimate of drug-likeness (QED) is 0.225. The first-order valence-corrected chi connectivity index (χ1v) is 19.3. The average Bonchev–Trinajstić information content (AvgIpc) is 2.14. The zero-order valence-corrected chi connectivity index (χ0v) is 14.8. The van der Waals surface area contributed by atoms with Crippen LogP contribution in [-0.4, -0.2) is 40.0 Å². The molecule has 1 atom stereocenters. The number of carbonyl (C=O) groups is 1. The Balaban J connectivity index is 3.90. The van der Waals surface area contributed by atoms with Crippen LogP contribution in [0.1, 0.15) is 26.7 Å². The molecule has 0 saturated carbocycles. The molecule has 0 saturated heterocycles. The monoisotopic (exact) mass is 422 g/mol. The number of rotatable bonds is 5. The van der Waals surface area contributed by atoms with E-state index in [1.807, 2.05) is 0 Å². The van der Waals surface area contributed by atoms with Crippen molar-refractivity contribution in [3.63, 3.8) is 0 Å². The summed E-state index contributed by atoms with van der Waals surface area (Å²) in [6.45, 7) is 4.43. The number of unbranched alkanes of at least 4 members (excludes halogenated alkanes) is 1. The second-order valence-electron chi connectivity index (χ2n) is 4.70. The minimum absolute atomic E-state index is 0.473. The van der Waals surface area contributed by atoms with Crippen molar-refractivity contribution in [2.24, 2.45) is 0 Å². The van der Waals surface area contributed by atoms with Gasteiger partial charge >= 0.3 is 104 Å². The molecule has 0 aliphatic carbocycles. The summed E-state index contributed by atoms with van der Waals surface area (Å²) >= 11 is -2.29. The van der Waals surface area contributed by atoms with Crippen LogP contribution >= 0.6 is 0 Å². The second-order valence-corrected chi connectivity index (χ2v) is 23.2. The molecule has 0 fully saturated rings. The van der Waals surface area contributed by atoms with Gasteiger partial charge in [0.1, 0.15) is 0 Å². The zero-order chi connectivity index (χ0) is 12.6. The van der Waals surface area contributed by atoms with Gasteiger partial charge in [0.25, 0.3) is 0 Å². The maximum absolute atomic E-state index is 11.3. The molecule has 0 radical (unpaired) electrons. The van der Waals surface area contributed by atoms with Gasteiger partial charge in [0.05, 0.1) is 0 Å². The molecule has 0 heterocycles. The normalized spacial score (nSPS) is 12.6. The van der Waals surface area contributed by atoms with Gasteiger partial charge in [0.2, 0.25) is 0 Å². The average molecular weight is 422 g/mol. The fourth-order valence-electron chi connectivity index (χ4n) is 0.846. The van der Waals surface area contributed by atoms with Gasteiger partial charge in [-0.05, 0) is 0 Å². The van der Waals surface area contributed by atoms with E-state index in [1.165, 1.54) is 0 Å². The summed E-state index contributed by atoms with van der Waals surface area (Å²) in [6.07, 6.45) is 1.55. The van der Waals surface area contributed by atoms with E-state index in [-0.39, 0.29) is 0 Å². The Kier molecular flexibility index (Phi) is 8.03. The molecule has 16 heavy (non-hydrogen) atoms. The van der Waals surface area contributed by atoms with Crippen molar-refractivity contribution >= 4 is 27.1 Å². The van der Waals surface area contributed by atoms with Gasteiger partial charge in [0.15, 0.2) is 0 Å². The third-order valence-electron chi connectivity index (χ3n) is 1.66. The molecule has 0 spiro atoms. The summed E-state index contributed by atoms with van der Waals surface area (Å²) in [5.74, 6) is 2.08. The number of hydrogen-bond donors (Lipinski definition) is 0. The molecule has 1 unspecified atom stereocenters.